The lowest BCUT2D eigenvalue weighted by molar-refractivity contribution is 0.423. The van der Waals surface area contributed by atoms with Crippen molar-refractivity contribution in [3.63, 3.8) is 0 Å². The van der Waals surface area contributed by atoms with Crippen molar-refractivity contribution in [1.82, 2.24) is 4.57 Å². The summed E-state index contributed by atoms with van der Waals surface area (Å²) in [4.78, 5) is 5.73. The summed E-state index contributed by atoms with van der Waals surface area (Å²) >= 11 is 1.63. The van der Waals surface area contributed by atoms with Crippen molar-refractivity contribution in [3.05, 3.63) is 63.8 Å². The lowest BCUT2D eigenvalue weighted by Gasteiger charge is -2.28. The molecule has 0 radical (unpaired) electrons. The van der Waals surface area contributed by atoms with Crippen LogP contribution < -0.4 is 4.80 Å². The van der Waals surface area contributed by atoms with Gasteiger partial charge in [0.2, 0.25) is 0 Å². The van der Waals surface area contributed by atoms with Crippen molar-refractivity contribution in [2.45, 2.75) is 52.4 Å². The SMILES string of the molecule is Cn1c(-c2cc(C(C)(C)C)c(O)c(C(C)(C)C)c2)csc1=Nc1ccccc1. The monoisotopic (exact) mass is 394 g/mol. The minimum atomic E-state index is -0.147. The van der Waals surface area contributed by atoms with E-state index >= 15 is 0 Å². The van der Waals surface area contributed by atoms with Gasteiger partial charge >= 0.3 is 0 Å². The third-order valence-electron chi connectivity index (χ3n) is 4.93. The largest absolute Gasteiger partial charge is 0.507 e. The molecule has 0 saturated heterocycles. The van der Waals surface area contributed by atoms with E-state index in [1.165, 1.54) is 0 Å². The third-order valence-corrected chi connectivity index (χ3v) is 5.84. The third kappa shape index (κ3) is 4.07. The maximum absolute atomic E-state index is 11.0. The van der Waals surface area contributed by atoms with Crippen molar-refractivity contribution >= 4 is 17.0 Å². The number of hydrogen-bond donors (Lipinski definition) is 1. The summed E-state index contributed by atoms with van der Waals surface area (Å²) < 4.78 is 2.13. The Labute approximate surface area is 172 Å². The van der Waals surface area contributed by atoms with Crippen molar-refractivity contribution < 1.29 is 5.11 Å². The van der Waals surface area contributed by atoms with Gasteiger partial charge in [0.1, 0.15) is 5.75 Å². The van der Waals surface area contributed by atoms with Crippen LogP contribution in [-0.4, -0.2) is 9.67 Å². The Bertz CT molecular complexity index is 1010. The van der Waals surface area contributed by atoms with Crippen LogP contribution in [0.15, 0.2) is 52.8 Å². The van der Waals surface area contributed by atoms with Crippen LogP contribution in [0.2, 0.25) is 0 Å². The molecule has 1 N–H and O–H groups in total. The first-order valence-corrected chi connectivity index (χ1v) is 10.5. The Hall–Kier alpha value is -2.33. The van der Waals surface area contributed by atoms with Gasteiger partial charge in [-0.15, -0.1) is 11.3 Å². The minimum absolute atomic E-state index is 0.147. The van der Waals surface area contributed by atoms with Gasteiger partial charge in [-0.2, -0.15) is 0 Å². The molecule has 1 aromatic heterocycles. The van der Waals surface area contributed by atoms with E-state index in [4.69, 9.17) is 4.99 Å². The fourth-order valence-electron chi connectivity index (χ4n) is 3.27. The van der Waals surface area contributed by atoms with Gasteiger partial charge < -0.3 is 9.67 Å². The predicted octanol–water partition coefficient (Wildman–Crippen LogP) is 6.29. The summed E-state index contributed by atoms with van der Waals surface area (Å²) in [5.74, 6) is 0.413. The lowest BCUT2D eigenvalue weighted by atomic mass is 9.78. The first kappa shape index (κ1) is 20.4. The van der Waals surface area contributed by atoms with Crippen LogP contribution in [-0.2, 0) is 17.9 Å². The Kier molecular flexibility index (Phi) is 5.28. The second-order valence-electron chi connectivity index (χ2n) is 9.33. The number of aromatic hydroxyl groups is 1. The molecule has 0 aliphatic carbocycles. The van der Waals surface area contributed by atoms with Crippen LogP contribution in [0.5, 0.6) is 5.75 Å². The number of aromatic nitrogens is 1. The van der Waals surface area contributed by atoms with Gasteiger partial charge in [-0.3, -0.25) is 0 Å². The number of para-hydroxylation sites is 1. The number of thiazole rings is 1. The minimum Gasteiger partial charge on any atom is -0.507 e. The van der Waals surface area contributed by atoms with Crippen LogP contribution in [0.1, 0.15) is 52.7 Å². The summed E-state index contributed by atoms with van der Waals surface area (Å²) in [6.45, 7) is 12.8. The van der Waals surface area contributed by atoms with Gasteiger partial charge in [0, 0.05) is 23.6 Å². The highest BCUT2D eigenvalue weighted by molar-refractivity contribution is 7.07. The van der Waals surface area contributed by atoms with Crippen molar-refractivity contribution in [1.29, 1.82) is 0 Å². The van der Waals surface area contributed by atoms with Gasteiger partial charge in [0.15, 0.2) is 4.80 Å². The molecule has 148 valence electrons. The molecule has 1 heterocycles. The molecular weight excluding hydrogens is 364 g/mol. The molecular formula is C24H30N2OS. The molecule has 0 amide bonds. The normalized spacial score (nSPS) is 13.2. The van der Waals surface area contributed by atoms with Crippen molar-refractivity contribution in [2.75, 3.05) is 0 Å². The van der Waals surface area contributed by atoms with Crippen LogP contribution in [0.4, 0.5) is 5.69 Å². The molecule has 2 aromatic carbocycles. The number of phenolic OH excluding ortho intramolecular Hbond substituents is 1. The summed E-state index contributed by atoms with van der Waals surface area (Å²) in [6.07, 6.45) is 0. The van der Waals surface area contributed by atoms with E-state index in [0.717, 1.165) is 32.9 Å². The first-order valence-electron chi connectivity index (χ1n) is 9.61. The van der Waals surface area contributed by atoms with E-state index < -0.39 is 0 Å². The second-order valence-corrected chi connectivity index (χ2v) is 10.2. The summed E-state index contributed by atoms with van der Waals surface area (Å²) in [5, 5.41) is 13.1. The average molecular weight is 395 g/mol. The summed E-state index contributed by atoms with van der Waals surface area (Å²) in [7, 11) is 2.05. The quantitative estimate of drug-likeness (QED) is 0.545. The predicted molar refractivity (Wildman–Crippen MR) is 119 cm³/mol. The van der Waals surface area contributed by atoms with Crippen molar-refractivity contribution in [2.24, 2.45) is 12.0 Å². The average Bonchev–Trinajstić information content (AvgIpc) is 2.95. The zero-order valence-corrected chi connectivity index (χ0v) is 18.7. The number of phenols is 1. The van der Waals surface area contributed by atoms with Crippen LogP contribution in [0.3, 0.4) is 0 Å². The van der Waals surface area contributed by atoms with E-state index in [1.54, 1.807) is 11.3 Å². The van der Waals surface area contributed by atoms with Crippen LogP contribution in [0.25, 0.3) is 11.3 Å². The standard InChI is InChI=1S/C24H30N2OS/c1-23(2,3)18-13-16(14-19(21(18)27)24(4,5)6)20-15-28-22(26(20)7)25-17-11-9-8-10-12-17/h8-15,27H,1-7H3. The maximum Gasteiger partial charge on any atom is 0.190 e. The topological polar surface area (TPSA) is 37.5 Å². The zero-order valence-electron chi connectivity index (χ0n) is 17.9. The van der Waals surface area contributed by atoms with E-state index in [9.17, 15) is 5.11 Å². The Morgan fingerprint density at radius 2 is 1.43 bits per heavy atom. The molecule has 0 aliphatic rings. The Morgan fingerprint density at radius 3 is 1.93 bits per heavy atom. The van der Waals surface area contributed by atoms with Crippen LogP contribution in [0, 0.1) is 0 Å². The number of hydrogen-bond acceptors (Lipinski definition) is 3. The molecule has 0 saturated carbocycles. The number of rotatable bonds is 2. The van der Waals surface area contributed by atoms with Gasteiger partial charge in [-0.25, -0.2) is 4.99 Å². The van der Waals surface area contributed by atoms with Gasteiger partial charge in [-0.05, 0) is 40.7 Å². The molecule has 3 rings (SSSR count). The summed E-state index contributed by atoms with van der Waals surface area (Å²) in [6, 6.07) is 14.3. The Balaban J connectivity index is 2.21. The highest BCUT2D eigenvalue weighted by Gasteiger charge is 2.27. The molecule has 0 spiro atoms. The second kappa shape index (κ2) is 7.25. The van der Waals surface area contributed by atoms with Gasteiger partial charge in [0.25, 0.3) is 0 Å². The van der Waals surface area contributed by atoms with E-state index in [0.29, 0.717) is 5.75 Å². The van der Waals surface area contributed by atoms with Crippen LogP contribution >= 0.6 is 11.3 Å². The number of benzene rings is 2. The van der Waals surface area contributed by atoms with Gasteiger partial charge in [-0.1, -0.05) is 59.7 Å². The van der Waals surface area contributed by atoms with Crippen molar-refractivity contribution in [3.8, 4) is 17.0 Å². The zero-order chi connectivity index (χ0) is 20.7. The maximum atomic E-state index is 11.0. The lowest BCUT2D eigenvalue weighted by Crippen LogP contribution is -2.18. The molecule has 28 heavy (non-hydrogen) atoms. The fourth-order valence-corrected chi connectivity index (χ4v) is 4.20. The highest BCUT2D eigenvalue weighted by atomic mass is 32.1. The highest BCUT2D eigenvalue weighted by Crippen LogP contribution is 2.41. The molecule has 3 nitrogen and oxygen atoms in total. The summed E-state index contributed by atoms with van der Waals surface area (Å²) in [5.41, 5.74) is 4.82. The first-order chi connectivity index (χ1) is 13.0. The Morgan fingerprint density at radius 1 is 0.893 bits per heavy atom. The van der Waals surface area contributed by atoms with E-state index in [1.807, 2.05) is 37.4 Å². The molecule has 0 atom stereocenters. The van der Waals surface area contributed by atoms with E-state index in [-0.39, 0.29) is 10.8 Å². The smallest absolute Gasteiger partial charge is 0.190 e. The van der Waals surface area contributed by atoms with Gasteiger partial charge in [0.05, 0.1) is 11.4 Å². The molecule has 4 heteroatoms. The van der Waals surface area contributed by atoms with E-state index in [2.05, 4.69) is 63.6 Å². The molecule has 3 aromatic rings. The molecule has 0 fully saturated rings. The fraction of sp³-hybridized carbons (Fsp3) is 0.375. The molecule has 0 aliphatic heterocycles. The number of nitrogens with zero attached hydrogens (tertiary/aromatic N) is 2. The molecule has 0 unspecified atom stereocenters. The molecule has 0 bridgehead atoms.